The summed E-state index contributed by atoms with van der Waals surface area (Å²) in [6, 6.07) is 0.306. The first-order valence-corrected chi connectivity index (χ1v) is 5.85. The predicted octanol–water partition coefficient (Wildman–Crippen LogP) is 1.48. The summed E-state index contributed by atoms with van der Waals surface area (Å²) >= 11 is 5.70. The maximum Gasteiger partial charge on any atom is 0.324 e. The van der Waals surface area contributed by atoms with Gasteiger partial charge in [0.15, 0.2) is 0 Å². The van der Waals surface area contributed by atoms with Gasteiger partial charge in [-0.05, 0) is 30.9 Å². The van der Waals surface area contributed by atoms with Crippen LogP contribution in [0.3, 0.4) is 0 Å². The molecule has 7 heteroatoms. The zero-order chi connectivity index (χ0) is 12.1. The highest BCUT2D eigenvalue weighted by molar-refractivity contribution is 6.28. The normalized spacial score (nSPS) is 20.0. The Balaban J connectivity index is 1.91. The SMILES string of the molecule is COc1nc(Cl)nc(OCC2CCCCO2)n1. The molecule has 0 aliphatic carbocycles. The molecule has 2 rings (SSSR count). The van der Waals surface area contributed by atoms with E-state index in [1.54, 1.807) is 0 Å². The first-order chi connectivity index (χ1) is 8.28. The van der Waals surface area contributed by atoms with Crippen molar-refractivity contribution in [3.63, 3.8) is 0 Å². The number of halogens is 1. The van der Waals surface area contributed by atoms with Crippen LogP contribution in [0.1, 0.15) is 19.3 Å². The van der Waals surface area contributed by atoms with Crippen LogP contribution in [0, 0.1) is 0 Å². The van der Waals surface area contributed by atoms with Gasteiger partial charge in [0.2, 0.25) is 5.28 Å². The fraction of sp³-hybridized carbons (Fsp3) is 0.700. The van der Waals surface area contributed by atoms with Crippen LogP contribution in [-0.2, 0) is 4.74 Å². The van der Waals surface area contributed by atoms with E-state index in [1.165, 1.54) is 7.11 Å². The molecule has 0 radical (unpaired) electrons. The lowest BCUT2D eigenvalue weighted by Crippen LogP contribution is -2.26. The molecular weight excluding hydrogens is 246 g/mol. The van der Waals surface area contributed by atoms with Gasteiger partial charge in [0, 0.05) is 6.61 Å². The molecule has 0 bridgehead atoms. The number of hydrogen-bond acceptors (Lipinski definition) is 6. The van der Waals surface area contributed by atoms with Gasteiger partial charge in [0.25, 0.3) is 0 Å². The number of hydrogen-bond donors (Lipinski definition) is 0. The third-order valence-electron chi connectivity index (χ3n) is 2.42. The van der Waals surface area contributed by atoms with E-state index in [0.29, 0.717) is 6.61 Å². The molecule has 6 nitrogen and oxygen atoms in total. The summed E-state index contributed by atoms with van der Waals surface area (Å²) in [6.45, 7) is 1.21. The number of methoxy groups -OCH3 is 1. The highest BCUT2D eigenvalue weighted by Crippen LogP contribution is 2.16. The minimum Gasteiger partial charge on any atom is -0.467 e. The molecule has 1 unspecified atom stereocenters. The van der Waals surface area contributed by atoms with Gasteiger partial charge in [0.1, 0.15) is 6.61 Å². The fourth-order valence-corrected chi connectivity index (χ4v) is 1.72. The first-order valence-electron chi connectivity index (χ1n) is 5.48. The van der Waals surface area contributed by atoms with Gasteiger partial charge in [-0.15, -0.1) is 4.98 Å². The van der Waals surface area contributed by atoms with Crippen molar-refractivity contribution in [1.29, 1.82) is 0 Å². The van der Waals surface area contributed by atoms with E-state index in [-0.39, 0.29) is 23.4 Å². The third kappa shape index (κ3) is 3.67. The van der Waals surface area contributed by atoms with E-state index < -0.39 is 0 Å². The number of ether oxygens (including phenoxy) is 3. The molecule has 0 N–H and O–H groups in total. The van der Waals surface area contributed by atoms with E-state index in [9.17, 15) is 0 Å². The second kappa shape index (κ2) is 5.97. The highest BCUT2D eigenvalue weighted by Gasteiger charge is 2.15. The van der Waals surface area contributed by atoms with Gasteiger partial charge in [-0.2, -0.15) is 9.97 Å². The minimum atomic E-state index is 0.0522. The molecule has 0 aromatic carbocycles. The Labute approximate surface area is 104 Å². The predicted molar refractivity (Wildman–Crippen MR) is 60.5 cm³/mol. The van der Waals surface area contributed by atoms with Crippen LogP contribution in [0.25, 0.3) is 0 Å². The molecule has 0 saturated carbocycles. The lowest BCUT2D eigenvalue weighted by atomic mass is 10.1. The van der Waals surface area contributed by atoms with Crippen molar-refractivity contribution in [1.82, 2.24) is 15.0 Å². The van der Waals surface area contributed by atoms with Gasteiger partial charge in [-0.25, -0.2) is 0 Å². The van der Waals surface area contributed by atoms with Crippen LogP contribution in [0.2, 0.25) is 5.28 Å². The molecule has 1 saturated heterocycles. The zero-order valence-corrected chi connectivity index (χ0v) is 10.3. The standard InChI is InChI=1S/C10H14ClN3O3/c1-15-9-12-8(11)13-10(14-9)17-6-7-4-2-3-5-16-7/h7H,2-6H2,1H3. The highest BCUT2D eigenvalue weighted by atomic mass is 35.5. The lowest BCUT2D eigenvalue weighted by molar-refractivity contribution is -0.0130. The van der Waals surface area contributed by atoms with E-state index in [0.717, 1.165) is 25.9 Å². The summed E-state index contributed by atoms with van der Waals surface area (Å²) in [6.07, 6.45) is 3.37. The van der Waals surface area contributed by atoms with E-state index >= 15 is 0 Å². The Morgan fingerprint density at radius 1 is 1.29 bits per heavy atom. The summed E-state index contributed by atoms with van der Waals surface area (Å²) in [4.78, 5) is 11.5. The Bertz CT molecular complexity index is 372. The van der Waals surface area contributed by atoms with Crippen LogP contribution in [0.15, 0.2) is 0 Å². The van der Waals surface area contributed by atoms with Gasteiger partial charge >= 0.3 is 12.0 Å². The fourth-order valence-electron chi connectivity index (χ4n) is 1.58. The van der Waals surface area contributed by atoms with Crippen molar-refractivity contribution in [3.05, 3.63) is 5.28 Å². The van der Waals surface area contributed by atoms with E-state index in [2.05, 4.69) is 15.0 Å². The molecule has 0 spiro atoms. The monoisotopic (exact) mass is 259 g/mol. The molecule has 0 amide bonds. The van der Waals surface area contributed by atoms with Crippen molar-refractivity contribution < 1.29 is 14.2 Å². The maximum absolute atomic E-state index is 5.70. The Hall–Kier alpha value is -1.14. The molecule has 94 valence electrons. The zero-order valence-electron chi connectivity index (χ0n) is 9.56. The van der Waals surface area contributed by atoms with Crippen LogP contribution in [0.5, 0.6) is 12.0 Å². The molecule has 1 fully saturated rings. The maximum atomic E-state index is 5.70. The molecule has 1 atom stereocenters. The Kier molecular flexibility index (Phi) is 4.33. The van der Waals surface area contributed by atoms with Crippen molar-refractivity contribution in [2.24, 2.45) is 0 Å². The molecule has 1 aliphatic heterocycles. The second-order valence-corrected chi connectivity index (χ2v) is 4.01. The largest absolute Gasteiger partial charge is 0.467 e. The van der Waals surface area contributed by atoms with Gasteiger partial charge in [-0.1, -0.05) is 0 Å². The van der Waals surface area contributed by atoms with Crippen LogP contribution in [-0.4, -0.2) is 41.4 Å². The molecule has 1 aliphatic rings. The van der Waals surface area contributed by atoms with Crippen molar-refractivity contribution in [2.45, 2.75) is 25.4 Å². The molecule has 2 heterocycles. The van der Waals surface area contributed by atoms with Crippen LogP contribution < -0.4 is 9.47 Å². The molecule has 1 aromatic heterocycles. The molecular formula is C10H14ClN3O3. The summed E-state index contributed by atoms with van der Waals surface area (Å²) < 4.78 is 15.8. The molecule has 1 aromatic rings. The average Bonchev–Trinajstić information content (AvgIpc) is 2.37. The van der Waals surface area contributed by atoms with E-state index in [1.807, 2.05) is 0 Å². The number of nitrogens with zero attached hydrogens (tertiary/aromatic N) is 3. The summed E-state index contributed by atoms with van der Waals surface area (Å²) in [5.74, 6) is 0. The summed E-state index contributed by atoms with van der Waals surface area (Å²) in [5.41, 5.74) is 0. The lowest BCUT2D eigenvalue weighted by Gasteiger charge is -2.21. The van der Waals surface area contributed by atoms with Gasteiger partial charge in [0.05, 0.1) is 13.2 Å². The van der Waals surface area contributed by atoms with Crippen LogP contribution in [0.4, 0.5) is 0 Å². The topological polar surface area (TPSA) is 66.4 Å². The van der Waals surface area contributed by atoms with Gasteiger partial charge < -0.3 is 14.2 Å². The van der Waals surface area contributed by atoms with E-state index in [4.69, 9.17) is 25.8 Å². The van der Waals surface area contributed by atoms with Crippen LogP contribution >= 0.6 is 11.6 Å². The number of aromatic nitrogens is 3. The van der Waals surface area contributed by atoms with Crippen molar-refractivity contribution >= 4 is 11.6 Å². The molecule has 17 heavy (non-hydrogen) atoms. The minimum absolute atomic E-state index is 0.0522. The van der Waals surface area contributed by atoms with Crippen molar-refractivity contribution in [3.8, 4) is 12.0 Å². The summed E-state index contributed by atoms with van der Waals surface area (Å²) in [7, 11) is 1.46. The Morgan fingerprint density at radius 2 is 2.12 bits per heavy atom. The quantitative estimate of drug-likeness (QED) is 0.816. The second-order valence-electron chi connectivity index (χ2n) is 3.67. The van der Waals surface area contributed by atoms with Gasteiger partial charge in [-0.3, -0.25) is 0 Å². The average molecular weight is 260 g/mol. The summed E-state index contributed by atoms with van der Waals surface area (Å²) in [5, 5.41) is 0.0522. The first kappa shape index (κ1) is 12.3. The third-order valence-corrected chi connectivity index (χ3v) is 2.59. The van der Waals surface area contributed by atoms with Crippen molar-refractivity contribution in [2.75, 3.05) is 20.3 Å². The Morgan fingerprint density at radius 3 is 2.82 bits per heavy atom. The smallest absolute Gasteiger partial charge is 0.324 e. The number of rotatable bonds is 4.